The molecular formula is C13H10BrF3N2S. The van der Waals surface area contributed by atoms with Crippen LogP contribution in [0.15, 0.2) is 50.9 Å². The van der Waals surface area contributed by atoms with Crippen LogP contribution in [0, 0.1) is 0 Å². The summed E-state index contributed by atoms with van der Waals surface area (Å²) in [6.45, 7) is 0.396. The van der Waals surface area contributed by atoms with E-state index >= 15 is 0 Å². The van der Waals surface area contributed by atoms with E-state index in [0.29, 0.717) is 11.6 Å². The van der Waals surface area contributed by atoms with E-state index in [-0.39, 0.29) is 0 Å². The number of halogens is 4. The Hall–Kier alpha value is -1.05. The second kappa shape index (κ2) is 6.15. The van der Waals surface area contributed by atoms with Crippen molar-refractivity contribution < 1.29 is 13.2 Å². The Labute approximate surface area is 126 Å². The molecule has 106 valence electrons. The number of hydrogen-bond donors (Lipinski definition) is 1. The molecule has 1 aromatic carbocycles. The van der Waals surface area contributed by atoms with Crippen LogP contribution in [0.4, 0.5) is 13.2 Å². The summed E-state index contributed by atoms with van der Waals surface area (Å²) in [5.74, 6) is 0. The highest BCUT2D eigenvalue weighted by Crippen LogP contribution is 2.32. The molecule has 0 radical (unpaired) electrons. The Balaban J connectivity index is 2.20. The van der Waals surface area contributed by atoms with Crippen LogP contribution < -0.4 is 5.73 Å². The summed E-state index contributed by atoms with van der Waals surface area (Å²) in [7, 11) is 0. The number of pyridine rings is 1. The summed E-state index contributed by atoms with van der Waals surface area (Å²) in [6, 6.07) is 8.02. The van der Waals surface area contributed by atoms with Crippen LogP contribution in [0.1, 0.15) is 11.1 Å². The minimum absolute atomic E-state index is 0.396. The molecule has 0 aliphatic rings. The normalized spacial score (nSPS) is 11.7. The zero-order valence-corrected chi connectivity index (χ0v) is 12.5. The fourth-order valence-corrected chi connectivity index (χ4v) is 3.10. The van der Waals surface area contributed by atoms with Crippen LogP contribution in [0.2, 0.25) is 0 Å². The number of nitrogens with two attached hydrogens (primary N) is 1. The summed E-state index contributed by atoms with van der Waals surface area (Å²) in [5.41, 5.74) is 5.77. The third-order valence-electron chi connectivity index (χ3n) is 2.45. The Kier molecular flexibility index (Phi) is 4.72. The molecule has 0 bridgehead atoms. The summed E-state index contributed by atoms with van der Waals surface area (Å²) < 4.78 is 38.2. The SMILES string of the molecule is NCc1cc(Br)cc(Sc2ccc(C(F)(F)F)cn2)c1. The number of hydrogen-bond acceptors (Lipinski definition) is 3. The van der Waals surface area contributed by atoms with Gasteiger partial charge >= 0.3 is 6.18 Å². The zero-order valence-electron chi connectivity index (χ0n) is 10.1. The highest BCUT2D eigenvalue weighted by atomic mass is 79.9. The highest BCUT2D eigenvalue weighted by Gasteiger charge is 2.30. The van der Waals surface area contributed by atoms with E-state index in [2.05, 4.69) is 20.9 Å². The van der Waals surface area contributed by atoms with Crippen LogP contribution in [0.25, 0.3) is 0 Å². The van der Waals surface area contributed by atoms with Crippen molar-refractivity contribution in [2.75, 3.05) is 0 Å². The lowest BCUT2D eigenvalue weighted by Crippen LogP contribution is -2.05. The molecular weight excluding hydrogens is 353 g/mol. The molecule has 7 heteroatoms. The molecule has 0 spiro atoms. The fourth-order valence-electron chi connectivity index (χ4n) is 1.53. The van der Waals surface area contributed by atoms with Crippen LogP contribution in [-0.2, 0) is 12.7 Å². The topological polar surface area (TPSA) is 38.9 Å². The quantitative estimate of drug-likeness (QED) is 0.875. The number of benzene rings is 1. The molecule has 2 nitrogen and oxygen atoms in total. The maximum atomic E-state index is 12.4. The van der Waals surface area contributed by atoms with Gasteiger partial charge in [0.05, 0.1) is 5.56 Å². The largest absolute Gasteiger partial charge is 0.417 e. The van der Waals surface area contributed by atoms with Gasteiger partial charge in [0.1, 0.15) is 5.03 Å². The van der Waals surface area contributed by atoms with Crippen molar-refractivity contribution in [1.82, 2.24) is 4.98 Å². The lowest BCUT2D eigenvalue weighted by atomic mass is 10.2. The Bertz CT molecular complexity index is 600. The molecule has 0 unspecified atom stereocenters. The molecule has 0 fully saturated rings. The first-order valence-electron chi connectivity index (χ1n) is 5.59. The van der Waals surface area contributed by atoms with Crippen LogP contribution in [0.5, 0.6) is 0 Å². The van der Waals surface area contributed by atoms with E-state index in [4.69, 9.17) is 5.73 Å². The van der Waals surface area contributed by atoms with Gasteiger partial charge in [0.15, 0.2) is 0 Å². The molecule has 1 heterocycles. The van der Waals surface area contributed by atoms with E-state index in [1.807, 2.05) is 18.2 Å². The van der Waals surface area contributed by atoms with Gasteiger partial charge in [0.2, 0.25) is 0 Å². The fraction of sp³-hybridized carbons (Fsp3) is 0.154. The number of rotatable bonds is 3. The summed E-state index contributed by atoms with van der Waals surface area (Å²) in [5, 5.41) is 0.499. The number of alkyl halides is 3. The van der Waals surface area contributed by atoms with E-state index < -0.39 is 11.7 Å². The molecule has 2 rings (SSSR count). The second-order valence-electron chi connectivity index (χ2n) is 3.98. The predicted octanol–water partition coefficient (Wildman–Crippen LogP) is 4.47. The first-order chi connectivity index (χ1) is 9.38. The van der Waals surface area contributed by atoms with E-state index in [0.717, 1.165) is 27.2 Å². The molecule has 0 saturated carbocycles. The average molecular weight is 363 g/mol. The van der Waals surface area contributed by atoms with Gasteiger partial charge in [0.25, 0.3) is 0 Å². The van der Waals surface area contributed by atoms with Crippen LogP contribution in [0.3, 0.4) is 0 Å². The molecule has 2 N–H and O–H groups in total. The number of aromatic nitrogens is 1. The van der Waals surface area contributed by atoms with Crippen molar-refractivity contribution in [3.05, 3.63) is 52.1 Å². The van der Waals surface area contributed by atoms with E-state index in [1.54, 1.807) is 0 Å². The Morgan fingerprint density at radius 1 is 1.20 bits per heavy atom. The molecule has 2 aromatic rings. The second-order valence-corrected chi connectivity index (χ2v) is 5.99. The molecule has 0 amide bonds. The van der Waals surface area contributed by atoms with Gasteiger partial charge in [-0.15, -0.1) is 0 Å². The van der Waals surface area contributed by atoms with Gasteiger partial charge in [-0.2, -0.15) is 13.2 Å². The van der Waals surface area contributed by atoms with Crippen molar-refractivity contribution in [1.29, 1.82) is 0 Å². The molecule has 1 aromatic heterocycles. The van der Waals surface area contributed by atoms with Gasteiger partial charge in [0, 0.05) is 22.1 Å². The maximum Gasteiger partial charge on any atom is 0.417 e. The smallest absolute Gasteiger partial charge is 0.326 e. The monoisotopic (exact) mass is 362 g/mol. The summed E-state index contributed by atoms with van der Waals surface area (Å²) in [6.07, 6.45) is -3.52. The Morgan fingerprint density at radius 2 is 1.95 bits per heavy atom. The standard InChI is InChI=1S/C13H10BrF3N2S/c14-10-3-8(6-18)4-11(5-10)20-12-2-1-9(7-19-12)13(15,16)17/h1-5,7H,6,18H2. The van der Waals surface area contributed by atoms with Crippen molar-refractivity contribution >= 4 is 27.7 Å². The maximum absolute atomic E-state index is 12.4. The van der Waals surface area contributed by atoms with Crippen molar-refractivity contribution in [3.8, 4) is 0 Å². The molecule has 0 saturated heterocycles. The lowest BCUT2D eigenvalue weighted by Gasteiger charge is -2.07. The summed E-state index contributed by atoms with van der Waals surface area (Å²) in [4.78, 5) is 4.69. The van der Waals surface area contributed by atoms with E-state index in [1.165, 1.54) is 17.8 Å². The minimum atomic E-state index is -4.36. The molecule has 0 aliphatic carbocycles. The minimum Gasteiger partial charge on any atom is -0.326 e. The Morgan fingerprint density at radius 3 is 2.50 bits per heavy atom. The first kappa shape index (κ1) is 15.3. The molecule has 20 heavy (non-hydrogen) atoms. The average Bonchev–Trinajstić information content (AvgIpc) is 2.37. The van der Waals surface area contributed by atoms with Gasteiger partial charge < -0.3 is 5.73 Å². The third kappa shape index (κ3) is 3.97. The van der Waals surface area contributed by atoms with Gasteiger partial charge in [-0.05, 0) is 35.9 Å². The molecule has 0 atom stereocenters. The van der Waals surface area contributed by atoms with Crippen LogP contribution in [-0.4, -0.2) is 4.98 Å². The first-order valence-corrected chi connectivity index (χ1v) is 7.20. The third-order valence-corrected chi connectivity index (χ3v) is 3.83. The van der Waals surface area contributed by atoms with Crippen molar-refractivity contribution in [3.63, 3.8) is 0 Å². The molecule has 0 aliphatic heterocycles. The van der Waals surface area contributed by atoms with Gasteiger partial charge in [-0.25, -0.2) is 4.98 Å². The van der Waals surface area contributed by atoms with Gasteiger partial charge in [-0.1, -0.05) is 27.7 Å². The summed E-state index contributed by atoms with van der Waals surface area (Å²) >= 11 is 4.65. The lowest BCUT2D eigenvalue weighted by molar-refractivity contribution is -0.137. The van der Waals surface area contributed by atoms with E-state index in [9.17, 15) is 13.2 Å². The predicted molar refractivity (Wildman–Crippen MR) is 75.4 cm³/mol. The number of nitrogens with zero attached hydrogens (tertiary/aromatic N) is 1. The van der Waals surface area contributed by atoms with Crippen molar-refractivity contribution in [2.45, 2.75) is 22.6 Å². The van der Waals surface area contributed by atoms with Crippen molar-refractivity contribution in [2.24, 2.45) is 5.73 Å². The van der Waals surface area contributed by atoms with Crippen LogP contribution >= 0.6 is 27.7 Å². The zero-order chi connectivity index (χ0) is 14.8. The highest BCUT2D eigenvalue weighted by molar-refractivity contribution is 9.10. The van der Waals surface area contributed by atoms with Gasteiger partial charge in [-0.3, -0.25) is 0 Å².